The molecule has 2 aromatic rings. The van der Waals surface area contributed by atoms with Crippen LogP contribution >= 0.6 is 0 Å². The number of rotatable bonds is 5. The average molecular weight is 257 g/mol. The first-order valence-electron chi connectivity index (χ1n) is 6.66. The molecular weight excluding hydrogens is 236 g/mol. The van der Waals surface area contributed by atoms with Crippen LogP contribution in [0.3, 0.4) is 0 Å². The first-order chi connectivity index (χ1) is 8.83. The van der Waals surface area contributed by atoms with Crippen LogP contribution in [0.2, 0.25) is 0 Å². The maximum Gasteiger partial charge on any atom is 0.160 e. The van der Waals surface area contributed by atoms with Crippen LogP contribution < -0.4 is 0 Å². The molecule has 18 heavy (non-hydrogen) atoms. The van der Waals surface area contributed by atoms with Crippen molar-refractivity contribution in [3.8, 4) is 0 Å². The largest absolute Gasteiger partial charge is 0.160 e. The fourth-order valence-corrected chi connectivity index (χ4v) is 4.83. The second-order valence-corrected chi connectivity index (χ2v) is 6.99. The third-order valence-electron chi connectivity index (χ3n) is 3.09. The van der Waals surface area contributed by atoms with Crippen LogP contribution in [0.1, 0.15) is 26.7 Å². The molecule has 2 aromatic carbocycles. The quantitative estimate of drug-likeness (QED) is 0.667. The van der Waals surface area contributed by atoms with Crippen molar-refractivity contribution in [2.24, 2.45) is 0 Å². The molecule has 0 spiro atoms. The number of hydrogen-bond donors (Lipinski definition) is 0. The highest BCUT2D eigenvalue weighted by atomic mass is 32.2. The summed E-state index contributed by atoms with van der Waals surface area (Å²) in [6, 6.07) is 21.9. The van der Waals surface area contributed by atoms with Crippen LogP contribution in [0.4, 0.5) is 0 Å². The maximum absolute atomic E-state index is 2.38. The minimum Gasteiger partial charge on any atom is -0.0652 e. The molecule has 0 radical (unpaired) electrons. The molecule has 0 heterocycles. The molecule has 94 valence electrons. The van der Waals surface area contributed by atoms with Gasteiger partial charge >= 0.3 is 0 Å². The van der Waals surface area contributed by atoms with Gasteiger partial charge in [-0.1, -0.05) is 49.7 Å². The SMILES string of the molecule is CCCC(C)[S+](c1ccccc1)c1ccccc1. The first-order valence-corrected chi connectivity index (χ1v) is 7.95. The van der Waals surface area contributed by atoms with E-state index in [-0.39, 0.29) is 10.9 Å². The second kappa shape index (κ2) is 6.65. The molecule has 0 aliphatic rings. The Kier molecular flexibility index (Phi) is 4.89. The van der Waals surface area contributed by atoms with Gasteiger partial charge in [0.25, 0.3) is 0 Å². The summed E-state index contributed by atoms with van der Waals surface area (Å²) >= 11 is 0. The Bertz CT molecular complexity index is 410. The van der Waals surface area contributed by atoms with Crippen molar-refractivity contribution in [1.82, 2.24) is 0 Å². The highest BCUT2D eigenvalue weighted by Crippen LogP contribution is 2.29. The summed E-state index contributed by atoms with van der Waals surface area (Å²) < 4.78 is 0. The van der Waals surface area contributed by atoms with Crippen molar-refractivity contribution in [3.63, 3.8) is 0 Å². The van der Waals surface area contributed by atoms with Gasteiger partial charge in [-0.2, -0.15) is 0 Å². The summed E-state index contributed by atoms with van der Waals surface area (Å²) in [5.74, 6) is 0. The smallest absolute Gasteiger partial charge is 0.0652 e. The van der Waals surface area contributed by atoms with Gasteiger partial charge in [0.15, 0.2) is 9.79 Å². The maximum atomic E-state index is 2.38. The van der Waals surface area contributed by atoms with Gasteiger partial charge in [-0.15, -0.1) is 0 Å². The Balaban J connectivity index is 2.35. The third-order valence-corrected chi connectivity index (χ3v) is 5.69. The van der Waals surface area contributed by atoms with Gasteiger partial charge < -0.3 is 0 Å². The normalized spacial score (nSPS) is 12.6. The summed E-state index contributed by atoms with van der Waals surface area (Å²) in [4.78, 5) is 2.93. The van der Waals surface area contributed by atoms with E-state index in [1.54, 1.807) is 0 Å². The molecule has 0 amide bonds. The second-order valence-electron chi connectivity index (χ2n) is 4.56. The van der Waals surface area contributed by atoms with Crippen LogP contribution in [-0.4, -0.2) is 5.25 Å². The Morgan fingerprint density at radius 2 is 1.28 bits per heavy atom. The van der Waals surface area contributed by atoms with Crippen LogP contribution in [0.5, 0.6) is 0 Å². The van der Waals surface area contributed by atoms with Crippen LogP contribution in [-0.2, 0) is 10.9 Å². The Labute approximate surface area is 113 Å². The van der Waals surface area contributed by atoms with Gasteiger partial charge in [-0.05, 0) is 37.6 Å². The topological polar surface area (TPSA) is 0 Å². The molecule has 0 nitrogen and oxygen atoms in total. The lowest BCUT2D eigenvalue weighted by Gasteiger charge is -2.14. The zero-order chi connectivity index (χ0) is 12.8. The van der Waals surface area contributed by atoms with E-state index in [1.807, 2.05) is 0 Å². The van der Waals surface area contributed by atoms with Crippen LogP contribution in [0.25, 0.3) is 0 Å². The predicted octanol–water partition coefficient (Wildman–Crippen LogP) is 4.91. The van der Waals surface area contributed by atoms with Gasteiger partial charge in [0.05, 0.1) is 10.9 Å². The van der Waals surface area contributed by atoms with Gasteiger partial charge in [0.1, 0.15) is 5.25 Å². The standard InChI is InChI=1S/C17H21S/c1-3-10-15(2)18(16-11-6-4-7-12-16)17-13-8-5-9-14-17/h4-9,11-15H,3,10H2,1-2H3/q+1. The average Bonchev–Trinajstić information content (AvgIpc) is 2.42. The van der Waals surface area contributed by atoms with E-state index >= 15 is 0 Å². The lowest BCUT2D eigenvalue weighted by Crippen LogP contribution is -2.18. The summed E-state index contributed by atoms with van der Waals surface area (Å²) in [5, 5.41) is 0.708. The van der Waals surface area contributed by atoms with Gasteiger partial charge in [0, 0.05) is 0 Å². The summed E-state index contributed by atoms with van der Waals surface area (Å²) in [6.45, 7) is 4.65. The predicted molar refractivity (Wildman–Crippen MR) is 81.2 cm³/mol. The molecule has 2 rings (SSSR count). The molecule has 1 atom stereocenters. The Hall–Kier alpha value is -1.21. The lowest BCUT2D eigenvalue weighted by atomic mass is 10.3. The number of hydrogen-bond acceptors (Lipinski definition) is 0. The molecular formula is C17H21S+. The molecule has 0 saturated carbocycles. The van der Waals surface area contributed by atoms with E-state index in [4.69, 9.17) is 0 Å². The fourth-order valence-electron chi connectivity index (χ4n) is 2.26. The molecule has 1 unspecified atom stereocenters. The number of benzene rings is 2. The van der Waals surface area contributed by atoms with E-state index < -0.39 is 0 Å². The third kappa shape index (κ3) is 3.17. The Morgan fingerprint density at radius 3 is 1.67 bits per heavy atom. The zero-order valence-electron chi connectivity index (χ0n) is 11.2. The van der Waals surface area contributed by atoms with E-state index in [0.29, 0.717) is 5.25 Å². The van der Waals surface area contributed by atoms with Gasteiger partial charge in [0.2, 0.25) is 0 Å². The molecule has 1 heteroatoms. The summed E-state index contributed by atoms with van der Waals surface area (Å²) in [6.07, 6.45) is 2.54. The van der Waals surface area contributed by atoms with Crippen molar-refractivity contribution < 1.29 is 0 Å². The summed E-state index contributed by atoms with van der Waals surface area (Å²) in [7, 11) is 0.204. The minimum atomic E-state index is 0.204. The Morgan fingerprint density at radius 1 is 0.833 bits per heavy atom. The minimum absolute atomic E-state index is 0.204. The molecule has 0 aliphatic heterocycles. The monoisotopic (exact) mass is 257 g/mol. The molecule has 0 fully saturated rings. The van der Waals surface area contributed by atoms with E-state index in [2.05, 4.69) is 74.5 Å². The molecule has 0 bridgehead atoms. The molecule has 0 aliphatic carbocycles. The van der Waals surface area contributed by atoms with E-state index in [9.17, 15) is 0 Å². The van der Waals surface area contributed by atoms with Gasteiger partial charge in [-0.3, -0.25) is 0 Å². The fraction of sp³-hybridized carbons (Fsp3) is 0.294. The van der Waals surface area contributed by atoms with Crippen molar-refractivity contribution in [2.75, 3.05) is 0 Å². The first kappa shape index (κ1) is 13.2. The van der Waals surface area contributed by atoms with Crippen LogP contribution in [0.15, 0.2) is 70.5 Å². The van der Waals surface area contributed by atoms with E-state index in [0.717, 1.165) is 0 Å². The molecule has 0 N–H and O–H groups in total. The van der Waals surface area contributed by atoms with Crippen molar-refractivity contribution >= 4 is 10.9 Å². The highest BCUT2D eigenvalue weighted by molar-refractivity contribution is 7.97. The van der Waals surface area contributed by atoms with E-state index in [1.165, 1.54) is 22.6 Å². The zero-order valence-corrected chi connectivity index (χ0v) is 12.0. The van der Waals surface area contributed by atoms with Crippen molar-refractivity contribution in [3.05, 3.63) is 60.7 Å². The van der Waals surface area contributed by atoms with Crippen LogP contribution in [0, 0.1) is 0 Å². The van der Waals surface area contributed by atoms with Crippen molar-refractivity contribution in [1.29, 1.82) is 0 Å². The molecule has 0 aromatic heterocycles. The van der Waals surface area contributed by atoms with Crippen molar-refractivity contribution in [2.45, 2.75) is 41.7 Å². The van der Waals surface area contributed by atoms with Gasteiger partial charge in [-0.25, -0.2) is 0 Å². The molecule has 0 saturated heterocycles. The highest BCUT2D eigenvalue weighted by Gasteiger charge is 2.30. The summed E-state index contributed by atoms with van der Waals surface area (Å²) in [5.41, 5.74) is 0. The lowest BCUT2D eigenvalue weighted by molar-refractivity contribution is 0.779.